The average molecular weight is 479 g/mol. The second-order valence-electron chi connectivity index (χ2n) is 8.74. The normalized spacial score (nSPS) is 16.2. The van der Waals surface area contributed by atoms with Crippen molar-refractivity contribution < 1.29 is 4.79 Å². The van der Waals surface area contributed by atoms with Crippen molar-refractivity contribution in [3.63, 3.8) is 0 Å². The number of nitrogens with zero attached hydrogens (tertiary/aromatic N) is 4. The zero-order valence-corrected chi connectivity index (χ0v) is 19.9. The van der Waals surface area contributed by atoms with Gasteiger partial charge in [0.05, 0.1) is 6.20 Å². The van der Waals surface area contributed by atoms with Gasteiger partial charge < -0.3 is 20.9 Å². The van der Waals surface area contributed by atoms with E-state index in [1.807, 2.05) is 36.4 Å². The van der Waals surface area contributed by atoms with E-state index in [2.05, 4.69) is 36.0 Å². The van der Waals surface area contributed by atoms with Crippen molar-refractivity contribution in [2.75, 3.05) is 42.1 Å². The second-order valence-corrected chi connectivity index (χ2v) is 9.78. The molecule has 1 amide bonds. The molecule has 1 aliphatic heterocycles. The highest BCUT2D eigenvalue weighted by Gasteiger charge is 2.29. The van der Waals surface area contributed by atoms with Crippen molar-refractivity contribution in [2.24, 2.45) is 5.92 Å². The molecule has 9 nitrogen and oxygen atoms in total. The lowest BCUT2D eigenvalue weighted by atomic mass is 10.1. The van der Waals surface area contributed by atoms with Gasteiger partial charge in [0.2, 0.25) is 5.91 Å². The zero-order chi connectivity index (χ0) is 23.2. The summed E-state index contributed by atoms with van der Waals surface area (Å²) in [6, 6.07) is 11.6. The van der Waals surface area contributed by atoms with E-state index in [0.717, 1.165) is 48.1 Å². The van der Waals surface area contributed by atoms with Crippen LogP contribution in [0.5, 0.6) is 0 Å². The van der Waals surface area contributed by atoms with Gasteiger partial charge in [0.1, 0.15) is 17.5 Å². The van der Waals surface area contributed by atoms with Crippen molar-refractivity contribution in [3.8, 4) is 0 Å². The van der Waals surface area contributed by atoms with Gasteiger partial charge in [0.15, 0.2) is 5.16 Å². The number of aromatic amines is 1. The lowest BCUT2D eigenvalue weighted by Crippen LogP contribution is -2.33. The largest absolute Gasteiger partial charge is 0.369 e. The SMILES string of the molecule is O=C(Nc1ccc(Sc2nc(NCCN3CCCCC3)cc(Nc3ccn[nH]3)n2)cc1)C1CC1. The Hall–Kier alpha value is -3.11. The number of anilines is 4. The van der Waals surface area contributed by atoms with E-state index >= 15 is 0 Å². The molecular weight excluding hydrogens is 448 g/mol. The van der Waals surface area contributed by atoms with Crippen molar-refractivity contribution in [2.45, 2.75) is 42.2 Å². The van der Waals surface area contributed by atoms with E-state index in [-0.39, 0.29) is 11.8 Å². The van der Waals surface area contributed by atoms with Gasteiger partial charge in [-0.25, -0.2) is 9.97 Å². The predicted octanol–water partition coefficient (Wildman–Crippen LogP) is 4.34. The van der Waals surface area contributed by atoms with Crippen LogP contribution in [0, 0.1) is 5.92 Å². The summed E-state index contributed by atoms with van der Waals surface area (Å²) >= 11 is 1.49. The summed E-state index contributed by atoms with van der Waals surface area (Å²) < 4.78 is 0. The maximum atomic E-state index is 12.0. The third-order valence-electron chi connectivity index (χ3n) is 5.93. The molecular formula is C24H30N8OS. The maximum absolute atomic E-state index is 12.0. The first-order valence-electron chi connectivity index (χ1n) is 11.9. The zero-order valence-electron chi connectivity index (χ0n) is 19.1. The summed E-state index contributed by atoms with van der Waals surface area (Å²) in [6.45, 7) is 4.19. The highest BCUT2D eigenvalue weighted by molar-refractivity contribution is 7.99. The molecule has 178 valence electrons. The summed E-state index contributed by atoms with van der Waals surface area (Å²) in [5, 5.41) is 17.2. The van der Waals surface area contributed by atoms with Crippen LogP contribution >= 0.6 is 11.8 Å². The monoisotopic (exact) mass is 478 g/mol. The molecule has 1 saturated heterocycles. The Bertz CT molecular complexity index is 1080. The van der Waals surface area contributed by atoms with Crippen molar-refractivity contribution in [1.82, 2.24) is 25.1 Å². The third-order valence-corrected chi connectivity index (χ3v) is 6.80. The number of hydrogen-bond donors (Lipinski definition) is 4. The van der Waals surface area contributed by atoms with E-state index in [1.165, 1.54) is 44.1 Å². The van der Waals surface area contributed by atoms with E-state index < -0.39 is 0 Å². The minimum absolute atomic E-state index is 0.113. The van der Waals surface area contributed by atoms with Crippen LogP contribution in [-0.2, 0) is 4.79 Å². The number of carbonyl (C=O) groups excluding carboxylic acids is 1. The Balaban J connectivity index is 1.25. The number of benzene rings is 1. The summed E-state index contributed by atoms with van der Waals surface area (Å²) in [5.74, 6) is 2.54. The Kier molecular flexibility index (Phi) is 7.25. The van der Waals surface area contributed by atoms with Crippen molar-refractivity contribution >= 4 is 40.8 Å². The molecule has 2 aromatic heterocycles. The Morgan fingerprint density at radius 1 is 1.06 bits per heavy atom. The molecule has 3 heterocycles. The van der Waals surface area contributed by atoms with Crippen LogP contribution in [0.4, 0.5) is 23.1 Å². The molecule has 2 aliphatic rings. The summed E-state index contributed by atoms with van der Waals surface area (Å²) in [7, 11) is 0. The van der Waals surface area contributed by atoms with Crippen LogP contribution in [0.1, 0.15) is 32.1 Å². The first kappa shape index (κ1) is 22.7. The first-order valence-corrected chi connectivity index (χ1v) is 12.7. The van der Waals surface area contributed by atoms with Crippen LogP contribution in [0.25, 0.3) is 0 Å². The molecule has 10 heteroatoms. The fourth-order valence-corrected chi connectivity index (χ4v) is 4.69. The van der Waals surface area contributed by atoms with Crippen LogP contribution in [0.15, 0.2) is 52.6 Å². The van der Waals surface area contributed by atoms with E-state index in [1.54, 1.807) is 6.20 Å². The van der Waals surface area contributed by atoms with Gasteiger partial charge in [-0.1, -0.05) is 6.42 Å². The quantitative estimate of drug-likeness (QED) is 0.319. The number of rotatable bonds is 10. The van der Waals surface area contributed by atoms with Gasteiger partial charge in [-0.2, -0.15) is 5.10 Å². The minimum Gasteiger partial charge on any atom is -0.369 e. The number of piperidine rings is 1. The fraction of sp³-hybridized carbons (Fsp3) is 0.417. The van der Waals surface area contributed by atoms with Gasteiger partial charge in [-0.15, -0.1) is 0 Å². The highest BCUT2D eigenvalue weighted by Crippen LogP contribution is 2.31. The molecule has 2 fully saturated rings. The van der Waals surface area contributed by atoms with Crippen LogP contribution in [0.2, 0.25) is 0 Å². The standard InChI is InChI=1S/C24H30N8OS/c33-23(17-4-5-17)27-18-6-8-19(9-7-18)34-24-29-21(25-12-15-32-13-2-1-3-14-32)16-22(30-24)28-20-10-11-26-31-20/h6-11,16-17H,1-5,12-15H2,(H,27,33)(H3,25,26,28,29,30,31). The number of aromatic nitrogens is 4. The van der Waals surface area contributed by atoms with Crippen LogP contribution in [-0.4, -0.2) is 57.2 Å². The number of likely N-dealkylation sites (tertiary alicyclic amines) is 1. The van der Waals surface area contributed by atoms with Crippen LogP contribution in [0.3, 0.4) is 0 Å². The molecule has 0 spiro atoms. The maximum Gasteiger partial charge on any atom is 0.227 e. The van der Waals surface area contributed by atoms with Crippen molar-refractivity contribution in [1.29, 1.82) is 0 Å². The Morgan fingerprint density at radius 2 is 1.85 bits per heavy atom. The van der Waals surface area contributed by atoms with Gasteiger partial charge in [0, 0.05) is 41.7 Å². The molecule has 0 atom stereocenters. The van der Waals surface area contributed by atoms with Gasteiger partial charge >= 0.3 is 0 Å². The number of H-pyrrole nitrogens is 1. The Morgan fingerprint density at radius 3 is 2.59 bits per heavy atom. The van der Waals surface area contributed by atoms with Gasteiger partial charge in [-0.05, 0) is 74.8 Å². The fourth-order valence-electron chi connectivity index (χ4n) is 3.92. The summed E-state index contributed by atoms with van der Waals surface area (Å²) in [6.07, 6.45) is 7.60. The van der Waals surface area contributed by atoms with Gasteiger partial charge in [0.25, 0.3) is 0 Å². The third kappa shape index (κ3) is 6.48. The molecule has 0 unspecified atom stereocenters. The molecule has 34 heavy (non-hydrogen) atoms. The van der Waals surface area contributed by atoms with Gasteiger partial charge in [-0.3, -0.25) is 9.89 Å². The van der Waals surface area contributed by atoms with E-state index in [4.69, 9.17) is 4.98 Å². The number of amides is 1. The first-order chi connectivity index (χ1) is 16.7. The molecule has 3 aromatic rings. The van der Waals surface area contributed by atoms with Crippen LogP contribution < -0.4 is 16.0 Å². The van der Waals surface area contributed by atoms with E-state index in [9.17, 15) is 4.79 Å². The minimum atomic E-state index is 0.113. The topological polar surface area (TPSA) is 111 Å². The van der Waals surface area contributed by atoms with E-state index in [0.29, 0.717) is 11.0 Å². The molecule has 4 N–H and O–H groups in total. The number of carbonyl (C=O) groups is 1. The molecule has 1 aliphatic carbocycles. The lowest BCUT2D eigenvalue weighted by Gasteiger charge is -2.26. The predicted molar refractivity (Wildman–Crippen MR) is 135 cm³/mol. The lowest BCUT2D eigenvalue weighted by molar-refractivity contribution is -0.117. The number of nitrogens with one attached hydrogen (secondary N) is 4. The summed E-state index contributed by atoms with van der Waals surface area (Å²) in [4.78, 5) is 24.9. The Labute approximate surface area is 203 Å². The van der Waals surface area contributed by atoms with Crippen molar-refractivity contribution in [3.05, 3.63) is 42.6 Å². The molecule has 0 radical (unpaired) electrons. The molecule has 5 rings (SSSR count). The molecule has 1 saturated carbocycles. The smallest absolute Gasteiger partial charge is 0.227 e. The second kappa shape index (κ2) is 10.9. The molecule has 0 bridgehead atoms. The average Bonchev–Trinajstić information content (AvgIpc) is 3.58. The summed E-state index contributed by atoms with van der Waals surface area (Å²) in [5.41, 5.74) is 0.817. The number of hydrogen-bond acceptors (Lipinski definition) is 8. The highest BCUT2D eigenvalue weighted by atomic mass is 32.2. The molecule has 1 aromatic carbocycles.